The summed E-state index contributed by atoms with van der Waals surface area (Å²) in [6.45, 7) is 1.75. The Morgan fingerprint density at radius 2 is 2.28 bits per heavy atom. The first kappa shape index (κ1) is 18.0. The molecule has 7 nitrogen and oxygen atoms in total. The number of carboxylic acids is 1. The number of pyridine rings is 1. The minimum absolute atomic E-state index is 0.240. The molecule has 2 aromatic rings. The van der Waals surface area contributed by atoms with Gasteiger partial charge in [-0.15, -0.1) is 0 Å². The SMILES string of the molecule is CCC(C(=O)O)C1(N=[N+]=[N-])c2cc(I)ccc2Oc2ncc(Br)cc21. The number of azide groups is 1. The highest BCUT2D eigenvalue weighted by Crippen LogP contribution is 2.53. The van der Waals surface area contributed by atoms with Crippen LogP contribution in [0.4, 0.5) is 0 Å². The van der Waals surface area contributed by atoms with Gasteiger partial charge in [-0.1, -0.05) is 12.0 Å². The molecule has 0 aliphatic carbocycles. The summed E-state index contributed by atoms with van der Waals surface area (Å²) in [5, 5.41) is 13.9. The zero-order chi connectivity index (χ0) is 18.2. The first-order valence-electron chi connectivity index (χ1n) is 7.37. The van der Waals surface area contributed by atoms with Gasteiger partial charge in [-0.2, -0.15) is 0 Å². The van der Waals surface area contributed by atoms with Crippen molar-refractivity contribution < 1.29 is 14.6 Å². The van der Waals surface area contributed by atoms with E-state index in [0.717, 1.165) is 3.57 Å². The molecule has 1 aliphatic rings. The molecular weight excluding hydrogens is 503 g/mol. The minimum atomic E-state index is -1.45. The number of fused-ring (bicyclic) bond motifs is 2. The number of hydrogen-bond acceptors (Lipinski definition) is 4. The van der Waals surface area contributed by atoms with Crippen molar-refractivity contribution in [2.75, 3.05) is 0 Å². The fourth-order valence-electron chi connectivity index (χ4n) is 3.19. The van der Waals surface area contributed by atoms with Gasteiger partial charge >= 0.3 is 5.97 Å². The van der Waals surface area contributed by atoms with E-state index < -0.39 is 17.4 Å². The van der Waals surface area contributed by atoms with Gasteiger partial charge in [-0.25, -0.2) is 4.98 Å². The monoisotopic (exact) mass is 514 g/mol. The lowest BCUT2D eigenvalue weighted by atomic mass is 9.71. The third kappa shape index (κ3) is 2.86. The number of carboxylic acid groups (broad SMARTS) is 1. The van der Waals surface area contributed by atoms with Gasteiger partial charge in [-0.3, -0.25) is 4.79 Å². The Hall–Kier alpha value is -1.84. The topological polar surface area (TPSA) is 108 Å². The van der Waals surface area contributed by atoms with E-state index in [2.05, 4.69) is 53.5 Å². The van der Waals surface area contributed by atoms with Crippen LogP contribution in [0.3, 0.4) is 0 Å². The van der Waals surface area contributed by atoms with Gasteiger partial charge in [0.1, 0.15) is 11.3 Å². The van der Waals surface area contributed by atoms with E-state index in [9.17, 15) is 15.4 Å². The fraction of sp³-hybridized carbons (Fsp3) is 0.250. The second-order valence-corrected chi connectivity index (χ2v) is 7.66. The molecule has 1 N–H and O–H groups in total. The zero-order valence-corrected chi connectivity index (χ0v) is 16.7. The van der Waals surface area contributed by atoms with E-state index in [0.29, 0.717) is 21.3 Å². The maximum atomic E-state index is 12.0. The molecule has 1 aliphatic heterocycles. The lowest BCUT2D eigenvalue weighted by Gasteiger charge is -2.39. The molecule has 0 bridgehead atoms. The highest BCUT2D eigenvalue weighted by molar-refractivity contribution is 14.1. The van der Waals surface area contributed by atoms with Gasteiger partial charge < -0.3 is 9.84 Å². The molecule has 2 heterocycles. The summed E-state index contributed by atoms with van der Waals surface area (Å²) in [6.07, 6.45) is 1.82. The second kappa shape index (κ2) is 6.81. The third-order valence-corrected chi connectivity index (χ3v) is 5.31. The largest absolute Gasteiger partial charge is 0.481 e. The summed E-state index contributed by atoms with van der Waals surface area (Å²) in [6, 6.07) is 7.07. The Morgan fingerprint density at radius 1 is 1.52 bits per heavy atom. The van der Waals surface area contributed by atoms with E-state index in [1.54, 1.807) is 31.3 Å². The van der Waals surface area contributed by atoms with Crippen molar-refractivity contribution in [3.05, 3.63) is 60.1 Å². The van der Waals surface area contributed by atoms with Gasteiger partial charge in [0.05, 0.1) is 5.92 Å². The number of benzene rings is 1. The predicted octanol–water partition coefficient (Wildman–Crippen LogP) is 5.22. The summed E-state index contributed by atoms with van der Waals surface area (Å²) in [5.41, 5.74) is 8.80. The lowest BCUT2D eigenvalue weighted by Crippen LogP contribution is -2.41. The molecule has 2 unspecified atom stereocenters. The quantitative estimate of drug-likeness (QED) is 0.261. The molecular formula is C16H12BrIN4O3. The zero-order valence-electron chi connectivity index (χ0n) is 13.0. The standard InChI is InChI=1S/C16H12BrIN4O3/c1-2-10(15(23)24)16(21-22-19)11-6-9(18)3-4-13(11)25-14-12(16)5-8(17)7-20-14/h3-7,10H,2H2,1H3,(H,23,24). The molecule has 0 fully saturated rings. The average Bonchev–Trinajstić information content (AvgIpc) is 2.57. The van der Waals surface area contributed by atoms with Gasteiger partial charge in [0.25, 0.3) is 0 Å². The molecule has 3 rings (SSSR count). The Bertz CT molecular complexity index is 863. The van der Waals surface area contributed by atoms with Crippen LogP contribution in [0, 0.1) is 9.49 Å². The van der Waals surface area contributed by atoms with Crippen LogP contribution in [-0.2, 0) is 10.3 Å². The third-order valence-electron chi connectivity index (χ3n) is 4.20. The van der Waals surface area contributed by atoms with Crippen molar-refractivity contribution in [1.29, 1.82) is 0 Å². The van der Waals surface area contributed by atoms with Crippen molar-refractivity contribution >= 4 is 44.5 Å². The number of aromatic nitrogens is 1. The number of ether oxygens (including phenoxy) is 1. The van der Waals surface area contributed by atoms with Crippen molar-refractivity contribution in [3.63, 3.8) is 0 Å². The molecule has 0 spiro atoms. The molecule has 2 atom stereocenters. The molecule has 25 heavy (non-hydrogen) atoms. The van der Waals surface area contributed by atoms with Gasteiger partial charge in [0.2, 0.25) is 5.88 Å². The minimum Gasteiger partial charge on any atom is -0.481 e. The van der Waals surface area contributed by atoms with Crippen LogP contribution in [0.5, 0.6) is 11.6 Å². The van der Waals surface area contributed by atoms with Crippen molar-refractivity contribution in [2.24, 2.45) is 11.0 Å². The highest BCUT2D eigenvalue weighted by Gasteiger charge is 2.51. The highest BCUT2D eigenvalue weighted by atomic mass is 127. The fourth-order valence-corrected chi connectivity index (χ4v) is 4.01. The molecule has 0 saturated carbocycles. The van der Waals surface area contributed by atoms with E-state index in [1.165, 1.54) is 0 Å². The Balaban J connectivity index is 2.46. The predicted molar refractivity (Wildman–Crippen MR) is 103 cm³/mol. The van der Waals surface area contributed by atoms with Crippen LogP contribution in [0.15, 0.2) is 40.0 Å². The number of carbonyl (C=O) groups is 1. The molecule has 128 valence electrons. The number of nitrogens with zero attached hydrogens (tertiary/aromatic N) is 4. The number of aliphatic carboxylic acids is 1. The maximum absolute atomic E-state index is 12.0. The number of rotatable bonds is 4. The summed E-state index contributed by atoms with van der Waals surface area (Å²) in [4.78, 5) is 19.3. The van der Waals surface area contributed by atoms with E-state index in [4.69, 9.17) is 4.74 Å². The van der Waals surface area contributed by atoms with E-state index >= 15 is 0 Å². The Labute approximate surface area is 165 Å². The summed E-state index contributed by atoms with van der Waals surface area (Å²) in [7, 11) is 0. The Morgan fingerprint density at radius 3 is 2.92 bits per heavy atom. The normalized spacial score (nSPS) is 19.0. The first-order chi connectivity index (χ1) is 11.9. The van der Waals surface area contributed by atoms with E-state index in [-0.39, 0.29) is 12.3 Å². The molecule has 0 saturated heterocycles. The second-order valence-electron chi connectivity index (χ2n) is 5.50. The molecule has 1 aromatic heterocycles. The smallest absolute Gasteiger partial charge is 0.307 e. The van der Waals surface area contributed by atoms with Gasteiger partial charge in [0, 0.05) is 30.3 Å². The first-order valence-corrected chi connectivity index (χ1v) is 9.24. The lowest BCUT2D eigenvalue weighted by molar-refractivity contribution is -0.144. The van der Waals surface area contributed by atoms with Crippen molar-refractivity contribution in [2.45, 2.75) is 18.9 Å². The number of halogens is 2. The summed E-state index contributed by atoms with van der Waals surface area (Å²) in [5.74, 6) is -1.34. The van der Waals surface area contributed by atoms with Crippen LogP contribution >= 0.6 is 38.5 Å². The molecule has 9 heteroatoms. The summed E-state index contributed by atoms with van der Waals surface area (Å²) >= 11 is 5.48. The average molecular weight is 515 g/mol. The van der Waals surface area contributed by atoms with Crippen molar-refractivity contribution in [1.82, 2.24) is 4.98 Å². The van der Waals surface area contributed by atoms with Crippen LogP contribution in [0.1, 0.15) is 24.5 Å². The van der Waals surface area contributed by atoms with Crippen LogP contribution in [0.2, 0.25) is 0 Å². The maximum Gasteiger partial charge on any atom is 0.307 e. The summed E-state index contributed by atoms with van der Waals surface area (Å²) < 4.78 is 7.37. The van der Waals surface area contributed by atoms with Crippen LogP contribution < -0.4 is 4.74 Å². The van der Waals surface area contributed by atoms with Gasteiger partial charge in [0.15, 0.2) is 0 Å². The van der Waals surface area contributed by atoms with Crippen molar-refractivity contribution in [3.8, 4) is 11.6 Å². The molecule has 1 aromatic carbocycles. The number of hydrogen-bond donors (Lipinski definition) is 1. The Kier molecular flexibility index (Phi) is 4.90. The molecule has 0 amide bonds. The van der Waals surface area contributed by atoms with Gasteiger partial charge in [-0.05, 0) is 74.7 Å². The van der Waals surface area contributed by atoms with Crippen LogP contribution in [0.25, 0.3) is 10.4 Å². The molecule has 0 radical (unpaired) electrons. The van der Waals surface area contributed by atoms with Crippen LogP contribution in [-0.4, -0.2) is 16.1 Å². The van der Waals surface area contributed by atoms with E-state index in [1.807, 2.05) is 6.07 Å².